The van der Waals surface area contributed by atoms with E-state index in [1.54, 1.807) is 12.1 Å². The molecule has 0 unspecified atom stereocenters. The van der Waals surface area contributed by atoms with Crippen molar-refractivity contribution in [3.63, 3.8) is 0 Å². The molecule has 176 valence electrons. The fourth-order valence-corrected chi connectivity index (χ4v) is 2.73. The van der Waals surface area contributed by atoms with Gasteiger partial charge < -0.3 is 28.8 Å². The van der Waals surface area contributed by atoms with Gasteiger partial charge in [0.15, 0.2) is 0 Å². The largest absolute Gasteiger partial charge is 0.480 e. The van der Waals surface area contributed by atoms with E-state index in [9.17, 15) is 19.2 Å². The van der Waals surface area contributed by atoms with Gasteiger partial charge in [-0.1, -0.05) is 12.1 Å². The quantitative estimate of drug-likeness (QED) is 0.260. The number of fused-ring (bicyclic) bond motifs is 1. The molecule has 32 heavy (non-hydrogen) atoms. The normalized spacial score (nSPS) is 12.9. The highest BCUT2D eigenvalue weighted by atomic mass is 16.6. The van der Waals surface area contributed by atoms with Crippen LogP contribution >= 0.6 is 0 Å². The summed E-state index contributed by atoms with van der Waals surface area (Å²) in [5.74, 6) is -2.82. The number of nitrogens with zero attached hydrogens (tertiary/aromatic N) is 1. The summed E-state index contributed by atoms with van der Waals surface area (Å²) in [5, 5.41) is 8.38. The number of benzene rings is 1. The molecule has 2 rings (SSSR count). The van der Waals surface area contributed by atoms with Crippen molar-refractivity contribution in [1.82, 2.24) is 4.90 Å². The number of hydrogen-bond donors (Lipinski definition) is 1. The average Bonchev–Trinajstić information content (AvgIpc) is 3.03. The monoisotopic (exact) mass is 453 g/mol. The van der Waals surface area contributed by atoms with Crippen molar-refractivity contribution in [3.8, 4) is 0 Å². The number of carbonyl (C=O) groups is 4. The Kier molecular flexibility index (Phi) is 11.5. The number of hydrogen-bond acceptors (Lipinski definition) is 9. The van der Waals surface area contributed by atoms with Gasteiger partial charge in [-0.25, -0.2) is 9.69 Å². The molecule has 1 aliphatic rings. The molecule has 1 heterocycles. The Hall–Kier alpha value is -2.70. The second kappa shape index (κ2) is 14.4. The van der Waals surface area contributed by atoms with Gasteiger partial charge in [0.25, 0.3) is 11.8 Å². The van der Waals surface area contributed by atoms with Crippen LogP contribution in [0.5, 0.6) is 0 Å². The van der Waals surface area contributed by atoms with Crippen molar-refractivity contribution >= 4 is 23.7 Å². The molecular weight excluding hydrogens is 426 g/mol. The first-order valence-corrected chi connectivity index (χ1v) is 10.1. The highest BCUT2D eigenvalue weighted by molar-refractivity contribution is 6.28. The molecular formula is C21H27NO10. The number of carbonyl (C=O) groups excluding carboxylic acids is 3. The van der Waals surface area contributed by atoms with Crippen LogP contribution in [0.4, 0.5) is 0 Å². The Morgan fingerprint density at radius 3 is 1.53 bits per heavy atom. The lowest BCUT2D eigenvalue weighted by Gasteiger charge is -2.12. The summed E-state index contributed by atoms with van der Waals surface area (Å²) >= 11 is 0. The second-order valence-electron chi connectivity index (χ2n) is 6.53. The molecule has 11 heteroatoms. The molecule has 0 aliphatic carbocycles. The van der Waals surface area contributed by atoms with Crippen LogP contribution in [0.15, 0.2) is 24.3 Å². The number of carboxylic acids is 1. The Morgan fingerprint density at radius 1 is 0.688 bits per heavy atom. The van der Waals surface area contributed by atoms with E-state index >= 15 is 0 Å². The smallest absolute Gasteiger partial charge is 0.329 e. The molecule has 1 N–H and O–H groups in total. The van der Waals surface area contributed by atoms with Crippen LogP contribution in [0, 0.1) is 0 Å². The average molecular weight is 453 g/mol. The zero-order chi connectivity index (χ0) is 23.2. The van der Waals surface area contributed by atoms with Crippen LogP contribution in [-0.2, 0) is 33.3 Å². The van der Waals surface area contributed by atoms with Gasteiger partial charge in [-0.15, -0.1) is 0 Å². The third kappa shape index (κ3) is 8.44. The SMILES string of the molecule is O=C(O)COCCOCCOCCOCCOCCC(=O)N1C(=O)c2ccccc2C1=O. The molecule has 3 amide bonds. The number of aliphatic carboxylic acids is 1. The number of rotatable bonds is 17. The minimum atomic E-state index is -1.02. The van der Waals surface area contributed by atoms with Crippen LogP contribution in [0.1, 0.15) is 27.1 Å². The summed E-state index contributed by atoms with van der Waals surface area (Å²) in [4.78, 5) is 47.5. The van der Waals surface area contributed by atoms with Gasteiger partial charge in [0, 0.05) is 0 Å². The van der Waals surface area contributed by atoms with Gasteiger partial charge in [-0.05, 0) is 12.1 Å². The molecule has 11 nitrogen and oxygen atoms in total. The Morgan fingerprint density at radius 2 is 1.09 bits per heavy atom. The van der Waals surface area contributed by atoms with E-state index in [2.05, 4.69) is 0 Å². The van der Waals surface area contributed by atoms with Crippen LogP contribution in [-0.4, -0.2) is 99.8 Å². The summed E-state index contributed by atoms with van der Waals surface area (Å²) in [7, 11) is 0. The van der Waals surface area contributed by atoms with Crippen LogP contribution in [0.2, 0.25) is 0 Å². The molecule has 0 bridgehead atoms. The summed E-state index contributed by atoms with van der Waals surface area (Å²) in [6.07, 6.45) is -0.0874. The lowest BCUT2D eigenvalue weighted by Crippen LogP contribution is -2.36. The third-order valence-electron chi connectivity index (χ3n) is 4.22. The topological polar surface area (TPSA) is 138 Å². The van der Waals surface area contributed by atoms with E-state index in [-0.39, 0.29) is 44.0 Å². The number of imide groups is 3. The first-order valence-electron chi connectivity index (χ1n) is 10.1. The Labute approximate surface area is 185 Å². The third-order valence-corrected chi connectivity index (χ3v) is 4.22. The van der Waals surface area contributed by atoms with Gasteiger partial charge in [-0.2, -0.15) is 0 Å². The van der Waals surface area contributed by atoms with Crippen LogP contribution in [0.3, 0.4) is 0 Å². The fourth-order valence-electron chi connectivity index (χ4n) is 2.73. The second-order valence-corrected chi connectivity index (χ2v) is 6.53. The van der Waals surface area contributed by atoms with Crippen molar-refractivity contribution in [2.45, 2.75) is 6.42 Å². The lowest BCUT2D eigenvalue weighted by molar-refractivity contribution is -0.142. The maximum Gasteiger partial charge on any atom is 0.329 e. The predicted octanol–water partition coefficient (Wildman–Crippen LogP) is 0.367. The van der Waals surface area contributed by atoms with Crippen LogP contribution < -0.4 is 0 Å². The summed E-state index contributed by atoms with van der Waals surface area (Å²) in [5.41, 5.74) is 0.470. The molecule has 0 fully saturated rings. The van der Waals surface area contributed by atoms with Crippen LogP contribution in [0.25, 0.3) is 0 Å². The maximum absolute atomic E-state index is 12.2. The van der Waals surface area contributed by atoms with E-state index < -0.39 is 23.7 Å². The Bertz CT molecular complexity index is 747. The molecule has 1 aromatic carbocycles. The van der Waals surface area contributed by atoms with Gasteiger partial charge in [-0.3, -0.25) is 14.4 Å². The number of amides is 3. The fraction of sp³-hybridized carbons (Fsp3) is 0.524. The molecule has 0 atom stereocenters. The number of ether oxygens (including phenoxy) is 5. The molecule has 0 saturated heterocycles. The van der Waals surface area contributed by atoms with Gasteiger partial charge in [0.1, 0.15) is 6.61 Å². The lowest BCUT2D eigenvalue weighted by atomic mass is 10.1. The molecule has 0 radical (unpaired) electrons. The molecule has 0 aromatic heterocycles. The van der Waals surface area contributed by atoms with Crippen molar-refractivity contribution in [1.29, 1.82) is 0 Å². The number of carboxylic acid groups (broad SMARTS) is 1. The van der Waals surface area contributed by atoms with Crippen molar-refractivity contribution in [2.24, 2.45) is 0 Å². The zero-order valence-corrected chi connectivity index (χ0v) is 17.7. The first-order chi connectivity index (χ1) is 15.5. The molecule has 1 aliphatic heterocycles. The summed E-state index contributed by atoms with van der Waals surface area (Å²) in [6.45, 7) is 2.26. The molecule has 0 saturated carbocycles. The van der Waals surface area contributed by atoms with Crippen molar-refractivity contribution < 1.29 is 48.0 Å². The minimum absolute atomic E-state index is 0.0691. The highest BCUT2D eigenvalue weighted by Gasteiger charge is 2.39. The van der Waals surface area contributed by atoms with E-state index in [4.69, 9.17) is 28.8 Å². The highest BCUT2D eigenvalue weighted by Crippen LogP contribution is 2.22. The zero-order valence-electron chi connectivity index (χ0n) is 17.7. The molecule has 0 spiro atoms. The standard InChI is InChI=1S/C21H27NO10/c23-18(22-20(26)16-3-1-2-4-17(16)21(22)27)5-6-28-7-8-29-9-10-30-11-12-31-13-14-32-15-19(24)25/h1-4H,5-15H2,(H,24,25). The van der Waals surface area contributed by atoms with Gasteiger partial charge >= 0.3 is 5.97 Å². The van der Waals surface area contributed by atoms with Crippen molar-refractivity contribution in [3.05, 3.63) is 35.4 Å². The van der Waals surface area contributed by atoms with E-state index in [1.165, 1.54) is 12.1 Å². The maximum atomic E-state index is 12.2. The van der Waals surface area contributed by atoms with Crippen molar-refractivity contribution in [2.75, 3.05) is 66.1 Å². The van der Waals surface area contributed by atoms with E-state index in [0.717, 1.165) is 0 Å². The molecule has 1 aromatic rings. The first kappa shape index (κ1) is 25.6. The summed E-state index contributed by atoms with van der Waals surface area (Å²) in [6, 6.07) is 6.33. The van der Waals surface area contributed by atoms with Gasteiger partial charge in [0.2, 0.25) is 5.91 Å². The predicted molar refractivity (Wildman–Crippen MR) is 108 cm³/mol. The Balaban J connectivity index is 1.40. The van der Waals surface area contributed by atoms with E-state index in [1.807, 2.05) is 0 Å². The minimum Gasteiger partial charge on any atom is -0.480 e. The van der Waals surface area contributed by atoms with E-state index in [0.29, 0.717) is 44.5 Å². The summed E-state index contributed by atoms with van der Waals surface area (Å²) < 4.78 is 26.0. The van der Waals surface area contributed by atoms with Gasteiger partial charge in [0.05, 0.1) is 77.0 Å².